The monoisotopic (exact) mass is 576 g/mol. The van der Waals surface area contributed by atoms with Gasteiger partial charge in [-0.25, -0.2) is 9.37 Å². The van der Waals surface area contributed by atoms with E-state index in [-0.39, 0.29) is 35.9 Å². The summed E-state index contributed by atoms with van der Waals surface area (Å²) in [6.45, 7) is 4.74. The Morgan fingerprint density at radius 2 is 2.03 bits per heavy atom. The van der Waals surface area contributed by atoms with Crippen molar-refractivity contribution in [2.75, 3.05) is 33.3 Å². The SMILES string of the molecule is CN=C(NCc1ccc(-n2ccnc2)c(F)c1)N1CC2OCCN(Cc3ccccc3)C2C1.I. The van der Waals surface area contributed by atoms with Crippen molar-refractivity contribution in [3.05, 3.63) is 84.2 Å². The molecule has 2 aromatic carbocycles. The van der Waals surface area contributed by atoms with Gasteiger partial charge < -0.3 is 19.5 Å². The molecular formula is C25H30FIN6O. The third-order valence-corrected chi connectivity index (χ3v) is 6.40. The molecule has 5 rings (SSSR count). The quantitative estimate of drug-likeness (QED) is 0.287. The van der Waals surface area contributed by atoms with Crippen molar-refractivity contribution < 1.29 is 9.13 Å². The van der Waals surface area contributed by atoms with Crippen LogP contribution in [0.25, 0.3) is 5.69 Å². The number of benzene rings is 2. The average Bonchev–Trinajstić information content (AvgIpc) is 3.51. The Labute approximate surface area is 216 Å². The zero-order valence-electron chi connectivity index (χ0n) is 19.2. The number of hydrogen-bond acceptors (Lipinski definition) is 4. The van der Waals surface area contributed by atoms with Crippen LogP contribution in [0, 0.1) is 5.82 Å². The Morgan fingerprint density at radius 3 is 2.76 bits per heavy atom. The van der Waals surface area contributed by atoms with E-state index >= 15 is 0 Å². The second-order valence-electron chi connectivity index (χ2n) is 8.49. The highest BCUT2D eigenvalue weighted by Gasteiger charge is 2.41. The summed E-state index contributed by atoms with van der Waals surface area (Å²) in [5, 5.41) is 3.40. The van der Waals surface area contributed by atoms with E-state index in [1.165, 1.54) is 5.56 Å². The summed E-state index contributed by atoms with van der Waals surface area (Å²) in [5.41, 5.74) is 2.66. The molecule has 2 unspecified atom stereocenters. The van der Waals surface area contributed by atoms with Crippen LogP contribution >= 0.6 is 24.0 Å². The Kier molecular flexibility index (Phi) is 8.17. The first-order valence-corrected chi connectivity index (χ1v) is 11.3. The van der Waals surface area contributed by atoms with Gasteiger partial charge in [0.25, 0.3) is 0 Å². The maximum atomic E-state index is 14.6. The molecule has 0 spiro atoms. The number of aliphatic imine (C=N–C) groups is 1. The normalized spacial score (nSPS) is 20.6. The fraction of sp³-hybridized carbons (Fsp3) is 0.360. The van der Waals surface area contributed by atoms with E-state index in [1.54, 1.807) is 42.5 Å². The number of morpholine rings is 1. The van der Waals surface area contributed by atoms with Gasteiger partial charge in [0, 0.05) is 52.2 Å². The molecular weight excluding hydrogens is 546 g/mol. The summed E-state index contributed by atoms with van der Waals surface area (Å²) < 4.78 is 22.4. The molecule has 2 aliphatic rings. The van der Waals surface area contributed by atoms with E-state index < -0.39 is 0 Å². The molecule has 2 aliphatic heterocycles. The lowest BCUT2D eigenvalue weighted by molar-refractivity contribution is -0.0502. The zero-order chi connectivity index (χ0) is 22.6. The van der Waals surface area contributed by atoms with Gasteiger partial charge in [-0.05, 0) is 23.3 Å². The number of nitrogens with zero attached hydrogens (tertiary/aromatic N) is 5. The summed E-state index contributed by atoms with van der Waals surface area (Å²) in [6, 6.07) is 16.2. The van der Waals surface area contributed by atoms with Crippen LogP contribution < -0.4 is 5.32 Å². The van der Waals surface area contributed by atoms with E-state index in [4.69, 9.17) is 4.74 Å². The summed E-state index contributed by atoms with van der Waals surface area (Å²) in [7, 11) is 1.79. The summed E-state index contributed by atoms with van der Waals surface area (Å²) in [5.74, 6) is 0.534. The number of halogens is 2. The average molecular weight is 576 g/mol. The van der Waals surface area contributed by atoms with E-state index in [0.29, 0.717) is 18.3 Å². The molecule has 0 aliphatic carbocycles. The molecule has 3 heterocycles. The molecule has 2 saturated heterocycles. The van der Waals surface area contributed by atoms with Gasteiger partial charge in [-0.3, -0.25) is 9.89 Å². The molecule has 0 saturated carbocycles. The van der Waals surface area contributed by atoms with Gasteiger partial charge in [-0.15, -0.1) is 24.0 Å². The Morgan fingerprint density at radius 1 is 1.18 bits per heavy atom. The van der Waals surface area contributed by atoms with E-state index in [2.05, 4.69) is 55.4 Å². The first-order chi connectivity index (χ1) is 16.2. The van der Waals surface area contributed by atoms with Crippen LogP contribution in [0.2, 0.25) is 0 Å². The van der Waals surface area contributed by atoms with Gasteiger partial charge in [-0.2, -0.15) is 0 Å². The van der Waals surface area contributed by atoms with Crippen LogP contribution in [0.1, 0.15) is 11.1 Å². The third-order valence-electron chi connectivity index (χ3n) is 6.40. The summed E-state index contributed by atoms with van der Waals surface area (Å²) in [4.78, 5) is 13.2. The zero-order valence-corrected chi connectivity index (χ0v) is 21.5. The Bertz CT molecular complexity index is 1090. The van der Waals surface area contributed by atoms with Crippen LogP contribution in [-0.4, -0.2) is 70.7 Å². The van der Waals surface area contributed by atoms with Crippen molar-refractivity contribution in [2.45, 2.75) is 25.2 Å². The lowest BCUT2D eigenvalue weighted by atomic mass is 10.1. The van der Waals surface area contributed by atoms with Crippen molar-refractivity contribution in [3.8, 4) is 5.69 Å². The van der Waals surface area contributed by atoms with Crippen molar-refractivity contribution >= 4 is 29.9 Å². The molecule has 2 atom stereocenters. The maximum Gasteiger partial charge on any atom is 0.194 e. The molecule has 0 amide bonds. The van der Waals surface area contributed by atoms with Gasteiger partial charge in [0.1, 0.15) is 5.82 Å². The minimum atomic E-state index is -0.278. The highest BCUT2D eigenvalue weighted by molar-refractivity contribution is 14.0. The van der Waals surface area contributed by atoms with Crippen LogP contribution in [0.3, 0.4) is 0 Å². The number of imidazole rings is 1. The summed E-state index contributed by atoms with van der Waals surface area (Å²) in [6.07, 6.45) is 5.12. The molecule has 34 heavy (non-hydrogen) atoms. The minimum Gasteiger partial charge on any atom is -0.373 e. The van der Waals surface area contributed by atoms with E-state index in [9.17, 15) is 4.39 Å². The number of ether oxygens (including phenoxy) is 1. The molecule has 2 fully saturated rings. The number of nitrogens with one attached hydrogen (secondary N) is 1. The molecule has 0 bridgehead atoms. The van der Waals surface area contributed by atoms with Crippen LogP contribution in [0.15, 0.2) is 72.2 Å². The van der Waals surface area contributed by atoms with Crippen LogP contribution in [0.5, 0.6) is 0 Å². The van der Waals surface area contributed by atoms with Gasteiger partial charge in [0.2, 0.25) is 0 Å². The van der Waals surface area contributed by atoms with Gasteiger partial charge in [0.05, 0.1) is 30.8 Å². The predicted octanol–water partition coefficient (Wildman–Crippen LogP) is 3.29. The van der Waals surface area contributed by atoms with Gasteiger partial charge in [-0.1, -0.05) is 36.4 Å². The molecule has 1 N–H and O–H groups in total. The smallest absolute Gasteiger partial charge is 0.194 e. The number of fused-ring (bicyclic) bond motifs is 1. The Balaban J connectivity index is 0.00000274. The van der Waals surface area contributed by atoms with Crippen LogP contribution in [0.4, 0.5) is 4.39 Å². The lowest BCUT2D eigenvalue weighted by Crippen LogP contribution is -2.50. The van der Waals surface area contributed by atoms with Crippen LogP contribution in [-0.2, 0) is 17.8 Å². The molecule has 0 radical (unpaired) electrons. The maximum absolute atomic E-state index is 14.6. The van der Waals surface area contributed by atoms with Gasteiger partial charge >= 0.3 is 0 Å². The first kappa shape index (κ1) is 24.6. The number of aromatic nitrogens is 2. The largest absolute Gasteiger partial charge is 0.373 e. The molecule has 1 aromatic heterocycles. The highest BCUT2D eigenvalue weighted by Crippen LogP contribution is 2.25. The van der Waals surface area contributed by atoms with Crippen molar-refractivity contribution in [1.82, 2.24) is 24.7 Å². The van der Waals surface area contributed by atoms with Crippen molar-refractivity contribution in [2.24, 2.45) is 4.99 Å². The molecule has 7 nitrogen and oxygen atoms in total. The van der Waals surface area contributed by atoms with Gasteiger partial charge in [0.15, 0.2) is 5.96 Å². The first-order valence-electron chi connectivity index (χ1n) is 11.3. The second-order valence-corrected chi connectivity index (χ2v) is 8.49. The van der Waals surface area contributed by atoms with Crippen molar-refractivity contribution in [3.63, 3.8) is 0 Å². The third kappa shape index (κ3) is 5.42. The lowest BCUT2D eigenvalue weighted by Gasteiger charge is -2.36. The minimum absolute atomic E-state index is 0. The number of likely N-dealkylation sites (tertiary alicyclic amines) is 1. The second kappa shape index (κ2) is 11.3. The Hall–Kier alpha value is -2.50. The topological polar surface area (TPSA) is 57.9 Å². The van der Waals surface area contributed by atoms with E-state index in [1.807, 2.05) is 6.07 Å². The van der Waals surface area contributed by atoms with Crippen molar-refractivity contribution in [1.29, 1.82) is 0 Å². The number of hydrogen-bond donors (Lipinski definition) is 1. The highest BCUT2D eigenvalue weighted by atomic mass is 127. The fourth-order valence-electron chi connectivity index (χ4n) is 4.73. The standard InChI is InChI=1S/C25H29FN6O.HI/c1-27-25(29-14-20-7-8-22(21(26)13-20)31-10-9-28-18-31)32-16-23-24(17-32)33-12-11-30(23)15-19-5-3-2-4-6-19;/h2-10,13,18,23-24H,11-12,14-17H2,1H3,(H,27,29);1H. The fourth-order valence-corrected chi connectivity index (χ4v) is 4.73. The molecule has 180 valence electrons. The number of rotatable bonds is 5. The van der Waals surface area contributed by atoms with E-state index in [0.717, 1.165) is 44.3 Å². The number of guanidine groups is 1. The molecule has 9 heteroatoms. The predicted molar refractivity (Wildman–Crippen MR) is 141 cm³/mol. The molecule has 3 aromatic rings. The summed E-state index contributed by atoms with van der Waals surface area (Å²) >= 11 is 0.